The molecule has 1 aliphatic carbocycles. The monoisotopic (exact) mass is 278 g/mol. The first-order valence-corrected chi connectivity index (χ1v) is 8.78. The smallest absolute Gasteiger partial charge is 0.225 e. The summed E-state index contributed by atoms with van der Waals surface area (Å²) in [5, 5.41) is 3.46. The van der Waals surface area contributed by atoms with Crippen LogP contribution < -0.4 is 5.32 Å². The molecular weight excluding hydrogens is 248 g/mol. The molecule has 1 saturated carbocycles. The molecule has 0 aromatic rings. The molecule has 0 radical (unpaired) electrons. The van der Waals surface area contributed by atoms with E-state index in [2.05, 4.69) is 17.1 Å². The number of rotatable bonds is 3. The van der Waals surface area contributed by atoms with Crippen LogP contribution in [-0.2, 0) is 4.79 Å². The van der Waals surface area contributed by atoms with E-state index >= 15 is 0 Å². The van der Waals surface area contributed by atoms with Crippen molar-refractivity contribution in [3.8, 4) is 0 Å². The van der Waals surface area contributed by atoms with E-state index in [1.165, 1.54) is 51.4 Å². The van der Waals surface area contributed by atoms with Crippen molar-refractivity contribution in [3.05, 3.63) is 0 Å². The molecule has 3 heteroatoms. The van der Waals surface area contributed by atoms with Crippen molar-refractivity contribution in [1.29, 1.82) is 0 Å². The lowest BCUT2D eigenvalue weighted by molar-refractivity contribution is -0.139. The maximum Gasteiger partial charge on any atom is 0.225 e. The third-order valence-corrected chi connectivity index (χ3v) is 5.73. The van der Waals surface area contributed by atoms with Crippen LogP contribution in [0.3, 0.4) is 0 Å². The van der Waals surface area contributed by atoms with E-state index < -0.39 is 0 Å². The molecule has 0 bridgehead atoms. The number of nitrogens with zero attached hydrogens (tertiary/aromatic N) is 1. The number of likely N-dealkylation sites (tertiary alicyclic amines) is 1. The molecule has 3 aliphatic rings. The van der Waals surface area contributed by atoms with Crippen LogP contribution in [0.25, 0.3) is 0 Å². The fourth-order valence-corrected chi connectivity index (χ4v) is 4.19. The van der Waals surface area contributed by atoms with Gasteiger partial charge in [-0.2, -0.15) is 0 Å². The molecule has 2 aliphatic heterocycles. The van der Waals surface area contributed by atoms with Crippen LogP contribution >= 0.6 is 0 Å². The molecule has 3 rings (SSSR count). The summed E-state index contributed by atoms with van der Waals surface area (Å²) >= 11 is 0. The van der Waals surface area contributed by atoms with Gasteiger partial charge in [0.2, 0.25) is 5.91 Å². The van der Waals surface area contributed by atoms with Gasteiger partial charge in [-0.05, 0) is 63.5 Å². The van der Waals surface area contributed by atoms with Gasteiger partial charge in [-0.3, -0.25) is 4.79 Å². The third-order valence-electron chi connectivity index (χ3n) is 5.73. The van der Waals surface area contributed by atoms with Crippen LogP contribution in [0, 0.1) is 17.8 Å². The quantitative estimate of drug-likeness (QED) is 0.861. The summed E-state index contributed by atoms with van der Waals surface area (Å²) in [6.45, 7) is 5.47. The molecule has 0 aromatic heterocycles. The van der Waals surface area contributed by atoms with E-state index in [0.29, 0.717) is 17.9 Å². The maximum absolute atomic E-state index is 12.9. The number of nitrogens with one attached hydrogen (secondary N) is 1. The zero-order chi connectivity index (χ0) is 13.9. The van der Waals surface area contributed by atoms with Crippen LogP contribution in [0.5, 0.6) is 0 Å². The summed E-state index contributed by atoms with van der Waals surface area (Å²) < 4.78 is 0. The van der Waals surface area contributed by atoms with Crippen molar-refractivity contribution in [2.24, 2.45) is 17.8 Å². The predicted octanol–water partition coefficient (Wildman–Crippen LogP) is 2.80. The Kier molecular flexibility index (Phi) is 4.65. The van der Waals surface area contributed by atoms with E-state index in [9.17, 15) is 4.79 Å². The van der Waals surface area contributed by atoms with Gasteiger partial charge in [0.15, 0.2) is 0 Å². The highest BCUT2D eigenvalue weighted by Crippen LogP contribution is 2.39. The molecule has 2 heterocycles. The lowest BCUT2D eigenvalue weighted by Gasteiger charge is -2.39. The van der Waals surface area contributed by atoms with E-state index in [-0.39, 0.29) is 5.92 Å². The standard InChI is InChI=1S/C17H30N2O/c1-13(14-6-7-14)17(20)19-12-4-2-3-5-16(19)15-8-10-18-11-9-15/h13-16,18H,2-12H2,1H3. The van der Waals surface area contributed by atoms with Crippen LogP contribution in [0.15, 0.2) is 0 Å². The normalized spacial score (nSPS) is 30.9. The summed E-state index contributed by atoms with van der Waals surface area (Å²) in [7, 11) is 0. The average Bonchev–Trinajstić information content (AvgIpc) is 3.32. The minimum Gasteiger partial charge on any atom is -0.339 e. The number of hydrogen-bond acceptors (Lipinski definition) is 2. The van der Waals surface area contributed by atoms with E-state index in [4.69, 9.17) is 0 Å². The van der Waals surface area contributed by atoms with Crippen molar-refractivity contribution in [2.45, 2.75) is 64.3 Å². The Balaban J connectivity index is 1.70. The Morgan fingerprint density at radius 2 is 1.80 bits per heavy atom. The SMILES string of the molecule is CC(C(=O)N1CCCCCC1C1CCNCC1)C1CC1. The first kappa shape index (κ1) is 14.4. The zero-order valence-corrected chi connectivity index (χ0v) is 12.9. The Labute approximate surface area is 123 Å². The Morgan fingerprint density at radius 3 is 2.50 bits per heavy atom. The zero-order valence-electron chi connectivity index (χ0n) is 12.9. The number of amides is 1. The summed E-state index contributed by atoms with van der Waals surface area (Å²) in [4.78, 5) is 15.2. The van der Waals surface area contributed by atoms with Crippen molar-refractivity contribution >= 4 is 5.91 Å². The molecule has 0 spiro atoms. The van der Waals surface area contributed by atoms with E-state index in [1.54, 1.807) is 0 Å². The third kappa shape index (κ3) is 3.19. The fourth-order valence-electron chi connectivity index (χ4n) is 4.19. The molecular formula is C17H30N2O. The van der Waals surface area contributed by atoms with Gasteiger partial charge >= 0.3 is 0 Å². The molecule has 2 unspecified atom stereocenters. The van der Waals surface area contributed by atoms with Crippen LogP contribution in [0.2, 0.25) is 0 Å². The number of hydrogen-bond donors (Lipinski definition) is 1. The lowest BCUT2D eigenvalue weighted by Crippen LogP contribution is -2.49. The van der Waals surface area contributed by atoms with Crippen molar-refractivity contribution in [2.75, 3.05) is 19.6 Å². The lowest BCUT2D eigenvalue weighted by atomic mass is 9.86. The first-order valence-electron chi connectivity index (χ1n) is 8.78. The van der Waals surface area contributed by atoms with Crippen molar-refractivity contribution in [1.82, 2.24) is 10.2 Å². The second-order valence-corrected chi connectivity index (χ2v) is 7.16. The Morgan fingerprint density at radius 1 is 1.05 bits per heavy atom. The predicted molar refractivity (Wildman–Crippen MR) is 81.5 cm³/mol. The highest BCUT2D eigenvalue weighted by atomic mass is 16.2. The summed E-state index contributed by atoms with van der Waals surface area (Å²) in [5.74, 6) is 2.18. The average molecular weight is 278 g/mol. The van der Waals surface area contributed by atoms with Crippen LogP contribution in [0.1, 0.15) is 58.3 Å². The molecule has 2 atom stereocenters. The summed E-state index contributed by atoms with van der Waals surface area (Å²) in [6.07, 6.45) is 10.1. The minimum absolute atomic E-state index is 0.275. The Bertz CT molecular complexity index is 334. The molecule has 20 heavy (non-hydrogen) atoms. The second-order valence-electron chi connectivity index (χ2n) is 7.16. The molecule has 1 amide bonds. The van der Waals surface area contributed by atoms with Gasteiger partial charge in [0.25, 0.3) is 0 Å². The van der Waals surface area contributed by atoms with Crippen LogP contribution in [-0.4, -0.2) is 36.5 Å². The van der Waals surface area contributed by atoms with Gasteiger partial charge in [-0.1, -0.05) is 19.8 Å². The summed E-state index contributed by atoms with van der Waals surface area (Å²) in [6, 6.07) is 0.535. The molecule has 114 valence electrons. The molecule has 2 saturated heterocycles. The number of carbonyl (C=O) groups excluding carboxylic acids is 1. The van der Waals surface area contributed by atoms with Gasteiger partial charge in [-0.15, -0.1) is 0 Å². The van der Waals surface area contributed by atoms with Gasteiger partial charge < -0.3 is 10.2 Å². The van der Waals surface area contributed by atoms with Crippen molar-refractivity contribution < 1.29 is 4.79 Å². The largest absolute Gasteiger partial charge is 0.339 e. The molecule has 3 fully saturated rings. The van der Waals surface area contributed by atoms with Crippen LogP contribution in [0.4, 0.5) is 0 Å². The van der Waals surface area contributed by atoms with E-state index in [0.717, 1.165) is 25.6 Å². The topological polar surface area (TPSA) is 32.3 Å². The van der Waals surface area contributed by atoms with Gasteiger partial charge in [0.1, 0.15) is 0 Å². The maximum atomic E-state index is 12.9. The fraction of sp³-hybridized carbons (Fsp3) is 0.941. The molecule has 0 aromatic carbocycles. The summed E-state index contributed by atoms with van der Waals surface area (Å²) in [5.41, 5.74) is 0. The number of carbonyl (C=O) groups is 1. The highest BCUT2D eigenvalue weighted by molar-refractivity contribution is 5.79. The molecule has 1 N–H and O–H groups in total. The van der Waals surface area contributed by atoms with Gasteiger partial charge in [0, 0.05) is 18.5 Å². The van der Waals surface area contributed by atoms with E-state index in [1.807, 2.05) is 0 Å². The number of piperidine rings is 1. The van der Waals surface area contributed by atoms with Gasteiger partial charge in [-0.25, -0.2) is 0 Å². The minimum atomic E-state index is 0.275. The molecule has 3 nitrogen and oxygen atoms in total. The highest BCUT2D eigenvalue weighted by Gasteiger charge is 2.39. The van der Waals surface area contributed by atoms with Gasteiger partial charge in [0.05, 0.1) is 0 Å². The first-order chi connectivity index (χ1) is 9.77. The second kappa shape index (κ2) is 6.46. The Hall–Kier alpha value is -0.570. The van der Waals surface area contributed by atoms with Crippen molar-refractivity contribution in [3.63, 3.8) is 0 Å².